The molecule has 5 nitrogen and oxygen atoms in total. The van der Waals surface area contributed by atoms with Gasteiger partial charge in [0, 0.05) is 10.9 Å². The van der Waals surface area contributed by atoms with Gasteiger partial charge >= 0.3 is 6.18 Å². The van der Waals surface area contributed by atoms with Gasteiger partial charge in [-0.05, 0) is 71.3 Å². The zero-order valence-electron chi connectivity index (χ0n) is 18.4. The van der Waals surface area contributed by atoms with Gasteiger partial charge in [0.1, 0.15) is 5.82 Å². The molecule has 0 radical (unpaired) electrons. The molecule has 0 fully saturated rings. The molecule has 4 aromatic carbocycles. The molecule has 0 aliphatic carbocycles. The number of hydrogen-bond acceptors (Lipinski definition) is 3. The Morgan fingerprint density at radius 3 is 2.14 bits per heavy atom. The Morgan fingerprint density at radius 1 is 0.833 bits per heavy atom. The summed E-state index contributed by atoms with van der Waals surface area (Å²) in [6.07, 6.45) is -3.11. The summed E-state index contributed by atoms with van der Waals surface area (Å²) in [6, 6.07) is 19.7. The molecule has 0 aliphatic rings. The number of alkyl halides is 3. The lowest BCUT2D eigenvalue weighted by Gasteiger charge is -2.18. The minimum absolute atomic E-state index is 0.0511. The molecule has 5 aromatic rings. The van der Waals surface area contributed by atoms with Crippen LogP contribution < -0.4 is 5.14 Å². The Bertz CT molecular complexity index is 1690. The van der Waals surface area contributed by atoms with Crippen molar-refractivity contribution in [2.75, 3.05) is 0 Å². The van der Waals surface area contributed by atoms with Crippen LogP contribution in [0.1, 0.15) is 5.56 Å². The number of sulfonamides is 1. The molecule has 0 amide bonds. The largest absolute Gasteiger partial charge is 0.417 e. The highest BCUT2D eigenvalue weighted by atomic mass is 32.2. The molecule has 0 saturated heterocycles. The average molecular weight is 512 g/mol. The van der Waals surface area contributed by atoms with Gasteiger partial charge in [0.05, 0.1) is 27.9 Å². The van der Waals surface area contributed by atoms with E-state index in [0.717, 1.165) is 6.07 Å². The maximum absolute atomic E-state index is 14.1. The van der Waals surface area contributed by atoms with E-state index < -0.39 is 27.6 Å². The SMILES string of the molecule is NS(=O)(=O)c1ccc(-c2cccc(C(F)(F)F)c2-c2ccc3c(cnn3-c3ccc(F)cc3)c2)cc1. The Balaban J connectivity index is 1.69. The summed E-state index contributed by atoms with van der Waals surface area (Å²) >= 11 is 0. The van der Waals surface area contributed by atoms with E-state index in [2.05, 4.69) is 5.10 Å². The van der Waals surface area contributed by atoms with Gasteiger partial charge in [0.25, 0.3) is 0 Å². The van der Waals surface area contributed by atoms with E-state index in [1.165, 1.54) is 48.7 Å². The Labute approximate surface area is 203 Å². The van der Waals surface area contributed by atoms with E-state index in [4.69, 9.17) is 5.14 Å². The summed E-state index contributed by atoms with van der Waals surface area (Å²) in [5.41, 5.74) is 1.33. The van der Waals surface area contributed by atoms with E-state index in [1.54, 1.807) is 41.1 Å². The van der Waals surface area contributed by atoms with Crippen LogP contribution >= 0.6 is 0 Å². The molecule has 10 heteroatoms. The Hall–Kier alpha value is -4.02. The van der Waals surface area contributed by atoms with Gasteiger partial charge in [0.15, 0.2) is 0 Å². The fourth-order valence-corrected chi connectivity index (χ4v) is 4.66. The van der Waals surface area contributed by atoms with Crippen LogP contribution in [-0.2, 0) is 16.2 Å². The minimum atomic E-state index is -4.64. The first kappa shape index (κ1) is 23.7. The molecular weight excluding hydrogens is 494 g/mol. The zero-order chi connectivity index (χ0) is 25.7. The van der Waals surface area contributed by atoms with E-state index in [9.17, 15) is 26.0 Å². The van der Waals surface area contributed by atoms with Crippen molar-refractivity contribution in [1.29, 1.82) is 0 Å². The van der Waals surface area contributed by atoms with E-state index in [0.29, 0.717) is 27.7 Å². The summed E-state index contributed by atoms with van der Waals surface area (Å²) in [5.74, 6) is -0.397. The second-order valence-corrected chi connectivity index (χ2v) is 9.66. The fourth-order valence-electron chi connectivity index (χ4n) is 4.14. The van der Waals surface area contributed by atoms with Crippen LogP contribution in [0.15, 0.2) is 96.0 Å². The average Bonchev–Trinajstić information content (AvgIpc) is 3.26. The zero-order valence-corrected chi connectivity index (χ0v) is 19.2. The summed E-state index contributed by atoms with van der Waals surface area (Å²) in [6.45, 7) is 0. The van der Waals surface area contributed by atoms with Crippen molar-refractivity contribution in [2.24, 2.45) is 5.14 Å². The topological polar surface area (TPSA) is 78.0 Å². The number of halogens is 4. The number of nitrogens with two attached hydrogens (primary N) is 1. The van der Waals surface area contributed by atoms with Crippen LogP contribution in [0.25, 0.3) is 38.8 Å². The standard InChI is InChI=1S/C26H17F4N3O2S/c27-19-7-9-20(10-8-19)33-24-13-6-17(14-18(24)15-32-33)25-22(2-1-3-23(25)26(28,29)30)16-4-11-21(12-5-16)36(31,34)35/h1-15H,(H2,31,34,35). The maximum Gasteiger partial charge on any atom is 0.417 e. The summed E-state index contributed by atoms with van der Waals surface area (Å²) in [5, 5.41) is 10.1. The Morgan fingerprint density at radius 2 is 1.50 bits per heavy atom. The lowest BCUT2D eigenvalue weighted by atomic mass is 9.90. The van der Waals surface area contributed by atoms with Crippen molar-refractivity contribution in [2.45, 2.75) is 11.1 Å². The number of benzene rings is 4. The summed E-state index contributed by atoms with van der Waals surface area (Å²) in [7, 11) is -3.95. The number of hydrogen-bond donors (Lipinski definition) is 1. The monoisotopic (exact) mass is 511 g/mol. The molecule has 2 N–H and O–H groups in total. The number of fused-ring (bicyclic) bond motifs is 1. The quantitative estimate of drug-likeness (QED) is 0.294. The van der Waals surface area contributed by atoms with Crippen molar-refractivity contribution >= 4 is 20.9 Å². The third kappa shape index (κ3) is 4.36. The van der Waals surface area contributed by atoms with Crippen LogP contribution in [0, 0.1) is 5.82 Å². The van der Waals surface area contributed by atoms with Gasteiger partial charge in [-0.25, -0.2) is 22.6 Å². The van der Waals surface area contributed by atoms with Gasteiger partial charge in [-0.1, -0.05) is 30.3 Å². The van der Waals surface area contributed by atoms with Crippen LogP contribution in [0.3, 0.4) is 0 Å². The fraction of sp³-hybridized carbons (Fsp3) is 0.0385. The van der Waals surface area contributed by atoms with E-state index >= 15 is 0 Å². The molecule has 0 spiro atoms. The highest BCUT2D eigenvalue weighted by Gasteiger charge is 2.35. The molecule has 0 aliphatic heterocycles. The maximum atomic E-state index is 14.1. The molecule has 0 unspecified atom stereocenters. The molecular formula is C26H17F4N3O2S. The number of aromatic nitrogens is 2. The molecule has 1 heterocycles. The van der Waals surface area contributed by atoms with Crippen LogP contribution in [0.4, 0.5) is 17.6 Å². The third-order valence-corrected chi connectivity index (χ3v) is 6.72. The summed E-state index contributed by atoms with van der Waals surface area (Å²) in [4.78, 5) is -0.144. The molecule has 0 atom stereocenters. The van der Waals surface area contributed by atoms with Crippen molar-refractivity contribution in [3.63, 3.8) is 0 Å². The Kier molecular flexibility index (Phi) is 5.65. The molecule has 36 heavy (non-hydrogen) atoms. The lowest BCUT2D eigenvalue weighted by molar-refractivity contribution is -0.137. The smallest absolute Gasteiger partial charge is 0.233 e. The molecule has 5 rings (SSSR count). The van der Waals surface area contributed by atoms with Crippen molar-refractivity contribution < 1.29 is 26.0 Å². The highest BCUT2D eigenvalue weighted by molar-refractivity contribution is 7.89. The molecule has 1 aromatic heterocycles. The number of primary sulfonamides is 1. The van der Waals surface area contributed by atoms with Gasteiger partial charge in [-0.15, -0.1) is 0 Å². The van der Waals surface area contributed by atoms with Gasteiger partial charge in [-0.3, -0.25) is 0 Å². The molecule has 0 saturated carbocycles. The highest BCUT2D eigenvalue weighted by Crippen LogP contribution is 2.43. The second-order valence-electron chi connectivity index (χ2n) is 8.10. The van der Waals surface area contributed by atoms with E-state index in [-0.39, 0.29) is 16.0 Å². The third-order valence-electron chi connectivity index (χ3n) is 5.79. The van der Waals surface area contributed by atoms with Crippen LogP contribution in [-0.4, -0.2) is 18.2 Å². The summed E-state index contributed by atoms with van der Waals surface area (Å²) < 4.78 is 80.3. The number of nitrogens with zero attached hydrogens (tertiary/aromatic N) is 2. The normalized spacial score (nSPS) is 12.2. The van der Waals surface area contributed by atoms with Crippen molar-refractivity contribution in [1.82, 2.24) is 9.78 Å². The van der Waals surface area contributed by atoms with Gasteiger partial charge in [-0.2, -0.15) is 18.3 Å². The first-order chi connectivity index (χ1) is 17.0. The van der Waals surface area contributed by atoms with Crippen LogP contribution in [0.2, 0.25) is 0 Å². The van der Waals surface area contributed by atoms with Gasteiger partial charge in [0.2, 0.25) is 10.0 Å². The number of rotatable bonds is 4. The molecule has 182 valence electrons. The second kappa shape index (κ2) is 8.58. The van der Waals surface area contributed by atoms with E-state index in [1.807, 2.05) is 0 Å². The predicted octanol–water partition coefficient (Wildman–Crippen LogP) is 6.16. The predicted molar refractivity (Wildman–Crippen MR) is 128 cm³/mol. The van der Waals surface area contributed by atoms with Crippen LogP contribution in [0.5, 0.6) is 0 Å². The minimum Gasteiger partial charge on any atom is -0.233 e. The first-order valence-electron chi connectivity index (χ1n) is 10.6. The molecule has 0 bridgehead atoms. The van der Waals surface area contributed by atoms with Crippen molar-refractivity contribution in [3.8, 4) is 27.9 Å². The first-order valence-corrected chi connectivity index (χ1v) is 12.1. The lowest BCUT2D eigenvalue weighted by Crippen LogP contribution is -2.11. The van der Waals surface area contributed by atoms with Gasteiger partial charge < -0.3 is 0 Å². The van der Waals surface area contributed by atoms with Crippen molar-refractivity contribution in [3.05, 3.63) is 103 Å².